The molecule has 2 aliphatic heterocycles. The lowest BCUT2D eigenvalue weighted by molar-refractivity contribution is 0.122. The number of benzene rings is 1. The Balaban J connectivity index is 1.44. The summed E-state index contributed by atoms with van der Waals surface area (Å²) < 4.78 is 5.50. The molecule has 0 aromatic heterocycles. The predicted octanol–water partition coefficient (Wildman–Crippen LogP) is 1.71. The maximum atomic E-state index is 8.93. The molecule has 3 rings (SSSR count). The maximum Gasteiger partial charge on any atom is 0.451 e. The van der Waals surface area contributed by atoms with Gasteiger partial charge in [0, 0.05) is 31.4 Å². The van der Waals surface area contributed by atoms with E-state index in [2.05, 4.69) is 34.1 Å². The van der Waals surface area contributed by atoms with Crippen LogP contribution in [0, 0.1) is 5.92 Å². The minimum absolute atomic E-state index is 0.235. The highest BCUT2D eigenvalue weighted by atomic mass is 16.5. The zero-order valence-electron chi connectivity index (χ0n) is 17.0. The van der Waals surface area contributed by atoms with Gasteiger partial charge in [0.25, 0.3) is 0 Å². The largest absolute Gasteiger partial charge is 0.451 e. The Bertz CT molecular complexity index is 576. The summed E-state index contributed by atoms with van der Waals surface area (Å²) in [6, 6.07) is 9.02. The van der Waals surface area contributed by atoms with E-state index in [0.29, 0.717) is 12.2 Å². The van der Waals surface area contributed by atoms with Gasteiger partial charge in [-0.1, -0.05) is 31.0 Å². The summed E-state index contributed by atoms with van der Waals surface area (Å²) in [5.74, 6) is 0.588. The first-order valence-electron chi connectivity index (χ1n) is 10.9. The average Bonchev–Trinajstić information content (AvgIpc) is 2.72. The zero-order chi connectivity index (χ0) is 19.8. The lowest BCUT2D eigenvalue weighted by Crippen LogP contribution is -2.41. The number of piperidine rings is 1. The number of likely N-dealkylation sites (tertiary alicyclic amines) is 1. The highest BCUT2D eigenvalue weighted by molar-refractivity contribution is 6.40. The van der Waals surface area contributed by atoms with Crippen LogP contribution in [-0.4, -0.2) is 67.5 Å². The molecule has 0 saturated carbocycles. The number of anilines is 1. The Morgan fingerprint density at radius 3 is 2.50 bits per heavy atom. The Morgan fingerprint density at radius 1 is 1.07 bits per heavy atom. The highest BCUT2D eigenvalue weighted by Crippen LogP contribution is 2.27. The first-order chi connectivity index (χ1) is 13.6. The van der Waals surface area contributed by atoms with Crippen molar-refractivity contribution >= 4 is 12.8 Å². The van der Waals surface area contributed by atoms with Gasteiger partial charge >= 0.3 is 7.12 Å². The molecule has 2 heterocycles. The molecule has 0 spiro atoms. The molecule has 156 valence electrons. The molecule has 2 fully saturated rings. The number of hydrogen-bond acceptors (Lipinski definition) is 6. The summed E-state index contributed by atoms with van der Waals surface area (Å²) in [5.41, 5.74) is 9.19. The molecular weight excluding hydrogens is 353 g/mol. The molecule has 0 aliphatic carbocycles. The summed E-state index contributed by atoms with van der Waals surface area (Å²) >= 11 is 0. The fraction of sp³-hybridized carbons (Fsp3) is 0.714. The molecule has 6 nitrogen and oxygen atoms in total. The number of ether oxygens (including phenoxy) is 1. The van der Waals surface area contributed by atoms with Gasteiger partial charge in [-0.3, -0.25) is 4.90 Å². The van der Waals surface area contributed by atoms with E-state index in [1.807, 2.05) is 0 Å². The van der Waals surface area contributed by atoms with Crippen LogP contribution in [0.3, 0.4) is 0 Å². The molecule has 4 N–H and O–H groups in total. The van der Waals surface area contributed by atoms with Crippen LogP contribution in [0.25, 0.3) is 0 Å². The Hall–Kier alpha value is -1.12. The first kappa shape index (κ1) is 21.6. The fourth-order valence-corrected chi connectivity index (χ4v) is 4.48. The van der Waals surface area contributed by atoms with Crippen molar-refractivity contribution in [1.82, 2.24) is 4.90 Å². The van der Waals surface area contributed by atoms with Crippen molar-refractivity contribution < 1.29 is 14.8 Å². The quantitative estimate of drug-likeness (QED) is 0.441. The highest BCUT2D eigenvalue weighted by Gasteiger charge is 2.25. The van der Waals surface area contributed by atoms with Gasteiger partial charge in [-0.05, 0) is 56.2 Å². The molecule has 2 saturated heterocycles. The van der Waals surface area contributed by atoms with E-state index in [1.54, 1.807) is 0 Å². The molecule has 2 aliphatic rings. The van der Waals surface area contributed by atoms with Crippen LogP contribution >= 0.6 is 0 Å². The van der Waals surface area contributed by atoms with Crippen LogP contribution < -0.4 is 10.6 Å². The lowest BCUT2D eigenvalue weighted by Gasteiger charge is -2.36. The molecule has 1 atom stereocenters. The van der Waals surface area contributed by atoms with Gasteiger partial charge in [-0.15, -0.1) is 0 Å². The van der Waals surface area contributed by atoms with Gasteiger partial charge in [0.05, 0.1) is 13.2 Å². The third kappa shape index (κ3) is 6.46. The normalized spacial score (nSPS) is 20.3. The van der Waals surface area contributed by atoms with Gasteiger partial charge in [0.2, 0.25) is 0 Å². The predicted molar refractivity (Wildman–Crippen MR) is 114 cm³/mol. The number of rotatable bonds is 9. The Kier molecular flexibility index (Phi) is 8.61. The van der Waals surface area contributed by atoms with E-state index < -0.39 is 7.12 Å². The molecule has 28 heavy (non-hydrogen) atoms. The van der Waals surface area contributed by atoms with Gasteiger partial charge in [-0.25, -0.2) is 0 Å². The topological polar surface area (TPSA) is 82.2 Å². The molecule has 0 amide bonds. The SMILES string of the molecule is NC(CCCCB(O)O)C1CCN(Cc2ccccc2N2CCOCC2)CC1. The van der Waals surface area contributed by atoms with E-state index in [9.17, 15) is 0 Å². The van der Waals surface area contributed by atoms with Crippen molar-refractivity contribution in [2.45, 2.75) is 51.0 Å². The van der Waals surface area contributed by atoms with E-state index in [4.69, 9.17) is 20.5 Å². The number of nitrogens with two attached hydrogens (primary N) is 1. The zero-order valence-corrected chi connectivity index (χ0v) is 17.0. The lowest BCUT2D eigenvalue weighted by atomic mass is 9.82. The van der Waals surface area contributed by atoms with Crippen LogP contribution in [0.1, 0.15) is 37.7 Å². The van der Waals surface area contributed by atoms with Crippen molar-refractivity contribution in [1.29, 1.82) is 0 Å². The van der Waals surface area contributed by atoms with Crippen molar-refractivity contribution in [2.75, 3.05) is 44.3 Å². The third-order valence-electron chi connectivity index (χ3n) is 6.22. The van der Waals surface area contributed by atoms with E-state index >= 15 is 0 Å². The average molecular weight is 389 g/mol. The minimum atomic E-state index is -1.18. The number of para-hydroxylation sites is 1. The van der Waals surface area contributed by atoms with Crippen molar-refractivity contribution in [3.8, 4) is 0 Å². The molecule has 7 heteroatoms. The van der Waals surface area contributed by atoms with Crippen molar-refractivity contribution in [2.24, 2.45) is 11.7 Å². The molecule has 1 aromatic rings. The summed E-state index contributed by atoms with van der Waals surface area (Å²) in [4.78, 5) is 5.01. The molecule has 0 bridgehead atoms. The smallest absolute Gasteiger partial charge is 0.427 e. The van der Waals surface area contributed by atoms with Crippen molar-refractivity contribution in [3.63, 3.8) is 0 Å². The first-order valence-corrected chi connectivity index (χ1v) is 10.9. The second-order valence-electron chi connectivity index (χ2n) is 8.27. The summed E-state index contributed by atoms with van der Waals surface area (Å²) in [6.07, 6.45) is 5.56. The van der Waals surface area contributed by atoms with E-state index in [-0.39, 0.29) is 6.04 Å². The third-order valence-corrected chi connectivity index (χ3v) is 6.22. The minimum Gasteiger partial charge on any atom is -0.427 e. The number of nitrogens with zero attached hydrogens (tertiary/aromatic N) is 2. The monoisotopic (exact) mass is 389 g/mol. The van der Waals surface area contributed by atoms with Gasteiger partial charge in [0.15, 0.2) is 0 Å². The second-order valence-corrected chi connectivity index (χ2v) is 8.27. The van der Waals surface area contributed by atoms with Gasteiger partial charge < -0.3 is 25.4 Å². The van der Waals surface area contributed by atoms with Crippen LogP contribution in [0.4, 0.5) is 5.69 Å². The fourth-order valence-electron chi connectivity index (χ4n) is 4.48. The maximum absolute atomic E-state index is 8.93. The van der Waals surface area contributed by atoms with Crippen LogP contribution in [0.5, 0.6) is 0 Å². The van der Waals surface area contributed by atoms with Gasteiger partial charge in [-0.2, -0.15) is 0 Å². The number of hydrogen-bond donors (Lipinski definition) is 3. The Morgan fingerprint density at radius 2 is 1.79 bits per heavy atom. The van der Waals surface area contributed by atoms with Crippen LogP contribution in [-0.2, 0) is 11.3 Å². The molecule has 1 unspecified atom stereocenters. The number of morpholine rings is 1. The Labute approximate surface area is 169 Å². The van der Waals surface area contributed by atoms with Crippen LogP contribution in [0.2, 0.25) is 6.32 Å². The van der Waals surface area contributed by atoms with E-state index in [1.165, 1.54) is 11.3 Å². The van der Waals surface area contributed by atoms with Crippen molar-refractivity contribution in [3.05, 3.63) is 29.8 Å². The summed E-state index contributed by atoms with van der Waals surface area (Å²) in [6.45, 7) is 6.78. The molecular formula is C21H36BN3O3. The van der Waals surface area contributed by atoms with Crippen LogP contribution in [0.15, 0.2) is 24.3 Å². The number of unbranched alkanes of at least 4 members (excludes halogenated alkanes) is 1. The van der Waals surface area contributed by atoms with Gasteiger partial charge in [0.1, 0.15) is 0 Å². The summed E-state index contributed by atoms with van der Waals surface area (Å²) in [5, 5.41) is 17.9. The molecule has 1 aromatic carbocycles. The summed E-state index contributed by atoms with van der Waals surface area (Å²) in [7, 11) is -1.18. The standard InChI is InChI=1S/C21H36BN3O3/c23-20(6-3-4-10-22(26)27)18-8-11-24(12-9-18)17-19-5-1-2-7-21(19)25-13-15-28-16-14-25/h1-2,5,7,18,20,26-27H,3-4,6,8-17,23H2. The van der Waals surface area contributed by atoms with E-state index in [0.717, 1.165) is 78.0 Å². The molecule has 0 radical (unpaired) electrons. The second kappa shape index (κ2) is 11.2.